The maximum absolute atomic E-state index is 13.1. The predicted molar refractivity (Wildman–Crippen MR) is 126 cm³/mol. The number of para-hydroxylation sites is 1. The number of carbonyl (C=O) groups is 4. The quantitative estimate of drug-likeness (QED) is 0.294. The van der Waals surface area contributed by atoms with Gasteiger partial charge in [-0.2, -0.15) is 13.2 Å². The molecule has 0 radical (unpaired) electrons. The summed E-state index contributed by atoms with van der Waals surface area (Å²) in [6, 6.07) is 2.07. The molecule has 2 atom stereocenters. The zero-order valence-corrected chi connectivity index (χ0v) is 21.3. The number of piperazine rings is 1. The predicted octanol–water partition coefficient (Wildman–Crippen LogP) is -0.0521. The standard InChI is InChI=1S/C21H26BF3N4O8S/c1-3-28-7-8-29(19(32)18(28)31)20(33)27-15(11-26-38(35,36)21(23,24)25)16(30)10-14-9-13-6-4-5-12(2)17(13)37-22(14)34/h4-6,14-15,26,34H,3,7-11H2,1-2H3,(H,27,33)/t14-,15-/m1/s1. The normalized spacial score (nSPS) is 19.1. The zero-order chi connectivity index (χ0) is 28.4. The number of rotatable bonds is 8. The SMILES string of the molecule is CCN1CCN(C(=O)N[C@H](CNS(=O)(=O)C(F)(F)F)C(=O)C[C@H]2Cc3cccc(C)c3OB2O)C(=O)C1=O. The molecule has 2 heterocycles. The van der Waals surface area contributed by atoms with Gasteiger partial charge in [0.1, 0.15) is 11.8 Å². The van der Waals surface area contributed by atoms with Gasteiger partial charge in [-0.25, -0.2) is 17.9 Å². The second-order valence-electron chi connectivity index (χ2n) is 8.85. The van der Waals surface area contributed by atoms with Crippen LogP contribution in [0.15, 0.2) is 18.2 Å². The number of likely N-dealkylation sites (N-methyl/N-ethyl adjacent to an activating group) is 1. The Bertz CT molecular complexity index is 1230. The van der Waals surface area contributed by atoms with Crippen LogP contribution in [0.25, 0.3) is 0 Å². The molecule has 2 aliphatic rings. The molecular formula is C21H26BF3N4O8S. The second-order valence-corrected chi connectivity index (χ2v) is 10.6. The van der Waals surface area contributed by atoms with E-state index in [1.807, 2.05) is 0 Å². The molecule has 38 heavy (non-hydrogen) atoms. The van der Waals surface area contributed by atoms with E-state index in [4.69, 9.17) is 4.65 Å². The third-order valence-corrected chi connectivity index (χ3v) is 7.44. The molecule has 1 aromatic carbocycles. The summed E-state index contributed by atoms with van der Waals surface area (Å²) in [5.41, 5.74) is -4.27. The molecule has 0 unspecified atom stereocenters. The Balaban J connectivity index is 1.78. The molecule has 208 valence electrons. The number of nitrogens with zero attached hydrogens (tertiary/aromatic N) is 2. The number of Topliss-reactive ketones (excluding diaryl/α,β-unsaturated/α-hetero) is 1. The summed E-state index contributed by atoms with van der Waals surface area (Å²) in [6.07, 6.45) is -0.353. The Hall–Kier alpha value is -3.18. The van der Waals surface area contributed by atoms with Crippen LogP contribution in [0.5, 0.6) is 5.75 Å². The number of sulfonamides is 1. The number of benzene rings is 1. The molecule has 0 aliphatic carbocycles. The summed E-state index contributed by atoms with van der Waals surface area (Å²) in [5.74, 6) is -3.56. The Morgan fingerprint density at radius 1 is 1.24 bits per heavy atom. The number of nitrogens with one attached hydrogen (secondary N) is 2. The molecule has 3 rings (SSSR count). The fraction of sp³-hybridized carbons (Fsp3) is 0.524. The van der Waals surface area contributed by atoms with Gasteiger partial charge in [0.25, 0.3) is 0 Å². The van der Waals surface area contributed by atoms with E-state index in [0.717, 1.165) is 5.56 Å². The number of imide groups is 1. The van der Waals surface area contributed by atoms with E-state index in [0.29, 0.717) is 16.2 Å². The first kappa shape index (κ1) is 29.4. The first-order valence-electron chi connectivity index (χ1n) is 11.6. The van der Waals surface area contributed by atoms with Crippen molar-refractivity contribution in [2.75, 3.05) is 26.2 Å². The highest BCUT2D eigenvalue weighted by molar-refractivity contribution is 7.90. The van der Waals surface area contributed by atoms with Crippen molar-refractivity contribution in [3.63, 3.8) is 0 Å². The smallest absolute Gasteiger partial charge is 0.526 e. The van der Waals surface area contributed by atoms with Crippen LogP contribution in [0.2, 0.25) is 5.82 Å². The number of urea groups is 1. The fourth-order valence-corrected chi connectivity index (χ4v) is 4.68. The molecule has 0 aromatic heterocycles. The van der Waals surface area contributed by atoms with Crippen molar-refractivity contribution >= 4 is 40.8 Å². The minimum Gasteiger partial charge on any atom is -0.536 e. The van der Waals surface area contributed by atoms with Crippen molar-refractivity contribution in [3.8, 4) is 5.75 Å². The Morgan fingerprint density at radius 2 is 1.92 bits per heavy atom. The van der Waals surface area contributed by atoms with E-state index in [2.05, 4.69) is 5.32 Å². The molecule has 1 aromatic rings. The highest BCUT2D eigenvalue weighted by Gasteiger charge is 2.47. The lowest BCUT2D eigenvalue weighted by Crippen LogP contribution is -2.61. The van der Waals surface area contributed by atoms with Gasteiger partial charge >= 0.3 is 40.5 Å². The maximum Gasteiger partial charge on any atom is 0.526 e. The van der Waals surface area contributed by atoms with E-state index >= 15 is 0 Å². The zero-order valence-electron chi connectivity index (χ0n) is 20.4. The van der Waals surface area contributed by atoms with Gasteiger partial charge in [-0.1, -0.05) is 18.2 Å². The van der Waals surface area contributed by atoms with Crippen molar-refractivity contribution in [3.05, 3.63) is 29.3 Å². The first-order valence-corrected chi connectivity index (χ1v) is 13.1. The molecule has 1 fully saturated rings. The van der Waals surface area contributed by atoms with E-state index in [1.54, 1.807) is 32.0 Å². The second kappa shape index (κ2) is 11.3. The van der Waals surface area contributed by atoms with Crippen molar-refractivity contribution in [2.24, 2.45) is 0 Å². The van der Waals surface area contributed by atoms with Crippen LogP contribution < -0.4 is 14.7 Å². The number of amides is 4. The van der Waals surface area contributed by atoms with Crippen LogP contribution in [-0.4, -0.2) is 91.7 Å². The van der Waals surface area contributed by atoms with E-state index in [1.165, 1.54) is 9.62 Å². The van der Waals surface area contributed by atoms with Crippen LogP contribution in [0.4, 0.5) is 18.0 Å². The minimum absolute atomic E-state index is 0.00175. The van der Waals surface area contributed by atoms with Crippen molar-refractivity contribution < 1.29 is 50.4 Å². The van der Waals surface area contributed by atoms with Gasteiger partial charge in [-0.15, -0.1) is 0 Å². The highest BCUT2D eigenvalue weighted by atomic mass is 32.2. The number of halogens is 3. The monoisotopic (exact) mass is 562 g/mol. The lowest BCUT2D eigenvalue weighted by molar-refractivity contribution is -0.153. The van der Waals surface area contributed by atoms with E-state index in [-0.39, 0.29) is 26.1 Å². The van der Waals surface area contributed by atoms with Gasteiger partial charge in [-0.3, -0.25) is 19.3 Å². The third kappa shape index (κ3) is 6.27. The average Bonchev–Trinajstić information content (AvgIpc) is 2.83. The number of aryl methyl sites for hydroxylation is 1. The molecule has 1 saturated heterocycles. The topological polar surface area (TPSA) is 162 Å². The number of alkyl halides is 3. The summed E-state index contributed by atoms with van der Waals surface area (Å²) in [6.45, 7) is 2.13. The Morgan fingerprint density at radius 3 is 2.55 bits per heavy atom. The summed E-state index contributed by atoms with van der Waals surface area (Å²) in [5, 5.41) is 12.5. The molecule has 2 aliphatic heterocycles. The van der Waals surface area contributed by atoms with Gasteiger partial charge in [0.2, 0.25) is 0 Å². The first-order chi connectivity index (χ1) is 17.7. The third-order valence-electron chi connectivity index (χ3n) is 6.29. The van der Waals surface area contributed by atoms with Crippen molar-refractivity contribution in [1.82, 2.24) is 19.8 Å². The molecule has 0 bridgehead atoms. The van der Waals surface area contributed by atoms with Gasteiger partial charge in [-0.05, 0) is 31.4 Å². The molecule has 3 N–H and O–H groups in total. The molecule has 0 saturated carbocycles. The van der Waals surface area contributed by atoms with Crippen molar-refractivity contribution in [2.45, 2.75) is 44.1 Å². The van der Waals surface area contributed by atoms with Crippen LogP contribution in [0.1, 0.15) is 24.5 Å². The van der Waals surface area contributed by atoms with Gasteiger partial charge in [0, 0.05) is 38.4 Å². The van der Waals surface area contributed by atoms with Crippen LogP contribution in [-0.2, 0) is 30.8 Å². The molecule has 4 amide bonds. The highest BCUT2D eigenvalue weighted by Crippen LogP contribution is 2.36. The van der Waals surface area contributed by atoms with E-state index in [9.17, 15) is 45.8 Å². The average molecular weight is 562 g/mol. The number of hydrogen-bond donors (Lipinski definition) is 3. The van der Waals surface area contributed by atoms with Gasteiger partial charge in [0.05, 0.1) is 0 Å². The number of fused-ring (bicyclic) bond motifs is 1. The molecule has 12 nitrogen and oxygen atoms in total. The lowest BCUT2D eigenvalue weighted by Gasteiger charge is -2.33. The van der Waals surface area contributed by atoms with Gasteiger partial charge in [0.15, 0.2) is 5.78 Å². The van der Waals surface area contributed by atoms with Crippen LogP contribution in [0.3, 0.4) is 0 Å². The lowest BCUT2D eigenvalue weighted by atomic mass is 9.64. The van der Waals surface area contributed by atoms with Crippen molar-refractivity contribution in [1.29, 1.82) is 0 Å². The largest absolute Gasteiger partial charge is 0.536 e. The summed E-state index contributed by atoms with van der Waals surface area (Å²) >= 11 is 0. The minimum atomic E-state index is -5.87. The molecular weight excluding hydrogens is 536 g/mol. The summed E-state index contributed by atoms with van der Waals surface area (Å²) in [7, 11) is -7.34. The summed E-state index contributed by atoms with van der Waals surface area (Å²) in [4.78, 5) is 51.9. The molecule has 17 heteroatoms. The van der Waals surface area contributed by atoms with Crippen LogP contribution >= 0.6 is 0 Å². The Labute approximate surface area is 216 Å². The Kier molecular flexibility index (Phi) is 8.73. The summed E-state index contributed by atoms with van der Waals surface area (Å²) < 4.78 is 68.2. The number of hydrogen-bond acceptors (Lipinski definition) is 8. The maximum atomic E-state index is 13.1. The number of ketones is 1. The van der Waals surface area contributed by atoms with Crippen LogP contribution in [0, 0.1) is 6.92 Å². The fourth-order valence-electron chi connectivity index (χ4n) is 4.13. The van der Waals surface area contributed by atoms with Gasteiger partial charge < -0.3 is 19.9 Å². The molecule has 0 spiro atoms. The van der Waals surface area contributed by atoms with E-state index < -0.39 is 71.1 Å². The number of carbonyl (C=O) groups excluding carboxylic acids is 4.